The third-order valence-electron chi connectivity index (χ3n) is 8.52. The van der Waals surface area contributed by atoms with Gasteiger partial charge < -0.3 is 29.4 Å². The van der Waals surface area contributed by atoms with Crippen LogP contribution >= 0.6 is 11.3 Å². The van der Waals surface area contributed by atoms with Crippen molar-refractivity contribution in [3.63, 3.8) is 0 Å². The fourth-order valence-corrected chi connectivity index (χ4v) is 7.25. The number of thiazole rings is 1. The number of nitrogens with zero attached hydrogens (tertiary/aromatic N) is 2. The van der Waals surface area contributed by atoms with Crippen molar-refractivity contribution in [1.29, 1.82) is 0 Å². The van der Waals surface area contributed by atoms with E-state index in [0.29, 0.717) is 38.5 Å². The van der Waals surface area contributed by atoms with E-state index in [4.69, 9.17) is 29.0 Å². The van der Waals surface area contributed by atoms with E-state index in [2.05, 4.69) is 24.4 Å². The number of carbonyl (C=O) groups is 2. The molecule has 3 heterocycles. The highest BCUT2D eigenvalue weighted by Gasteiger charge is 2.39. The van der Waals surface area contributed by atoms with Gasteiger partial charge in [0.15, 0.2) is 5.76 Å². The topological polar surface area (TPSA) is 121 Å². The van der Waals surface area contributed by atoms with Gasteiger partial charge in [-0.05, 0) is 79.9 Å². The average molecular weight is 684 g/mol. The number of aryl methyl sites for hydroxylation is 1. The number of hydrogen-bond donors (Lipinski definition) is 2. The predicted octanol–water partition coefficient (Wildman–Crippen LogP) is 6.92. The molecule has 2 aromatic heterocycles. The van der Waals surface area contributed by atoms with Crippen LogP contribution < -0.4 is 5.32 Å². The quantitative estimate of drug-likeness (QED) is 0.121. The number of allylic oxidation sites excluding steroid dienone is 1. The molecule has 0 bridgehead atoms. The van der Waals surface area contributed by atoms with E-state index in [1.165, 1.54) is 12.5 Å². The van der Waals surface area contributed by atoms with E-state index in [1.807, 2.05) is 73.8 Å². The molecule has 0 aliphatic carbocycles. The minimum Gasteiger partial charge on any atom is -0.459 e. The first-order chi connectivity index (χ1) is 23.9. The zero-order valence-corrected chi connectivity index (χ0v) is 28.7. The average Bonchev–Trinajstić information content (AvgIpc) is 3.70. The van der Waals surface area contributed by atoms with Crippen LogP contribution in [-0.4, -0.2) is 72.4 Å². The zero-order valence-electron chi connectivity index (χ0n) is 27.9. The van der Waals surface area contributed by atoms with Crippen LogP contribution in [0.3, 0.4) is 0 Å². The molecule has 0 fully saturated rings. The molecule has 0 saturated heterocycles. The molecular weight excluding hydrogens is 642 g/mol. The van der Waals surface area contributed by atoms with Crippen LogP contribution in [0.4, 0.5) is 5.69 Å². The van der Waals surface area contributed by atoms with Gasteiger partial charge in [0, 0.05) is 54.8 Å². The van der Waals surface area contributed by atoms with E-state index in [-0.39, 0.29) is 36.7 Å². The molecule has 1 amide bonds. The molecule has 0 saturated carbocycles. The summed E-state index contributed by atoms with van der Waals surface area (Å²) in [4.78, 5) is 31.2. The third-order valence-corrected chi connectivity index (χ3v) is 9.58. The van der Waals surface area contributed by atoms with Crippen molar-refractivity contribution < 1.29 is 33.6 Å². The van der Waals surface area contributed by atoms with Crippen LogP contribution in [-0.2, 0) is 23.7 Å². The SMILES string of the molecule is CCO[C@H]1OC(C(=O)Nc2ccc(-c3nc4ccc(C)cc4s3)cc2)=C[C@@H](c2cn(C(C)=O)c3ccccc23)[C@@H]1CCOCCOCCO. The normalized spacial score (nSPS) is 17.6. The molecular formula is C38H41N3O7S. The Kier molecular flexibility index (Phi) is 11.2. The van der Waals surface area contributed by atoms with Crippen LogP contribution in [0.2, 0.25) is 0 Å². The Bertz CT molecular complexity index is 1950. The van der Waals surface area contributed by atoms with Crippen molar-refractivity contribution in [2.45, 2.75) is 39.4 Å². The van der Waals surface area contributed by atoms with Crippen molar-refractivity contribution in [3.8, 4) is 10.6 Å². The Labute approximate surface area is 289 Å². The van der Waals surface area contributed by atoms with Crippen LogP contribution in [0.25, 0.3) is 31.7 Å². The van der Waals surface area contributed by atoms with Crippen molar-refractivity contribution in [1.82, 2.24) is 9.55 Å². The highest BCUT2D eigenvalue weighted by atomic mass is 32.1. The molecule has 5 aromatic rings. The lowest BCUT2D eigenvalue weighted by atomic mass is 9.81. The summed E-state index contributed by atoms with van der Waals surface area (Å²) in [5.74, 6) is -0.911. The van der Waals surface area contributed by atoms with Gasteiger partial charge in [0.1, 0.15) is 5.01 Å². The van der Waals surface area contributed by atoms with Crippen LogP contribution in [0.15, 0.2) is 84.8 Å². The van der Waals surface area contributed by atoms with E-state index >= 15 is 0 Å². The summed E-state index contributed by atoms with van der Waals surface area (Å²) in [6, 6.07) is 21.6. The third kappa shape index (κ3) is 7.92. The van der Waals surface area contributed by atoms with Crippen molar-refractivity contribution in [2.75, 3.05) is 45.0 Å². The van der Waals surface area contributed by atoms with Gasteiger partial charge in [0.2, 0.25) is 12.2 Å². The second-order valence-corrected chi connectivity index (χ2v) is 12.9. The molecule has 10 nitrogen and oxygen atoms in total. The minimum absolute atomic E-state index is 0.0392. The second-order valence-electron chi connectivity index (χ2n) is 11.9. The first kappa shape index (κ1) is 34.5. The maximum Gasteiger partial charge on any atom is 0.290 e. The highest BCUT2D eigenvalue weighted by molar-refractivity contribution is 7.21. The largest absolute Gasteiger partial charge is 0.459 e. The molecule has 0 radical (unpaired) electrons. The minimum atomic E-state index is -0.737. The van der Waals surface area contributed by atoms with E-state index in [1.54, 1.807) is 15.9 Å². The number of aromatic nitrogens is 2. The predicted molar refractivity (Wildman–Crippen MR) is 191 cm³/mol. The maximum absolute atomic E-state index is 13.8. The van der Waals surface area contributed by atoms with Crippen molar-refractivity contribution >= 4 is 50.0 Å². The summed E-state index contributed by atoms with van der Waals surface area (Å²) in [5, 5.41) is 13.8. The molecule has 49 heavy (non-hydrogen) atoms. The second kappa shape index (κ2) is 15.9. The Morgan fingerprint density at radius 2 is 1.80 bits per heavy atom. The van der Waals surface area contributed by atoms with Gasteiger partial charge in [-0.15, -0.1) is 11.3 Å². The number of aliphatic hydroxyl groups is 1. The fraction of sp³-hybridized carbons (Fsp3) is 0.342. The number of benzene rings is 3. The Morgan fingerprint density at radius 3 is 2.55 bits per heavy atom. The molecule has 11 heteroatoms. The number of amides is 1. The maximum atomic E-state index is 13.8. The van der Waals surface area contributed by atoms with Gasteiger partial charge in [-0.25, -0.2) is 4.98 Å². The van der Waals surface area contributed by atoms with Gasteiger partial charge in [-0.2, -0.15) is 0 Å². The van der Waals surface area contributed by atoms with E-state index in [0.717, 1.165) is 37.3 Å². The van der Waals surface area contributed by atoms with Gasteiger partial charge in [-0.3, -0.25) is 14.2 Å². The summed E-state index contributed by atoms with van der Waals surface area (Å²) >= 11 is 1.64. The van der Waals surface area contributed by atoms with E-state index in [9.17, 15) is 9.59 Å². The molecule has 1 aliphatic heterocycles. The number of rotatable bonds is 14. The highest BCUT2D eigenvalue weighted by Crippen LogP contribution is 2.42. The van der Waals surface area contributed by atoms with Crippen LogP contribution in [0, 0.1) is 12.8 Å². The zero-order chi connectivity index (χ0) is 34.3. The summed E-state index contributed by atoms with van der Waals surface area (Å²) in [6.07, 6.45) is 3.52. The van der Waals surface area contributed by atoms with Crippen molar-refractivity contribution in [2.24, 2.45) is 5.92 Å². The fourth-order valence-electron chi connectivity index (χ4n) is 6.18. The summed E-state index contributed by atoms with van der Waals surface area (Å²) in [6.45, 7) is 7.24. The summed E-state index contributed by atoms with van der Waals surface area (Å²) in [5.41, 5.74) is 5.43. The lowest BCUT2D eigenvalue weighted by molar-refractivity contribution is -0.166. The lowest BCUT2D eigenvalue weighted by Crippen LogP contribution is -2.38. The van der Waals surface area contributed by atoms with Crippen LogP contribution in [0.5, 0.6) is 0 Å². The van der Waals surface area contributed by atoms with E-state index < -0.39 is 12.2 Å². The van der Waals surface area contributed by atoms with Gasteiger partial charge in [0.25, 0.3) is 5.91 Å². The van der Waals surface area contributed by atoms with Gasteiger partial charge in [-0.1, -0.05) is 24.3 Å². The molecule has 3 atom stereocenters. The smallest absolute Gasteiger partial charge is 0.290 e. The number of hydrogen-bond acceptors (Lipinski definition) is 9. The van der Waals surface area contributed by atoms with Gasteiger partial charge >= 0.3 is 0 Å². The molecule has 256 valence electrons. The number of aliphatic hydroxyl groups excluding tert-OH is 1. The van der Waals surface area contributed by atoms with Crippen molar-refractivity contribution in [3.05, 3.63) is 95.9 Å². The number of anilines is 1. The Hall–Kier alpha value is -4.39. The first-order valence-electron chi connectivity index (χ1n) is 16.5. The molecule has 3 aromatic carbocycles. The number of ether oxygens (including phenoxy) is 4. The molecule has 6 rings (SSSR count). The molecule has 0 unspecified atom stereocenters. The Balaban J connectivity index is 1.26. The first-order valence-corrected chi connectivity index (χ1v) is 17.3. The number of carbonyl (C=O) groups excluding carboxylic acids is 2. The number of fused-ring (bicyclic) bond motifs is 2. The summed E-state index contributed by atoms with van der Waals surface area (Å²) < 4.78 is 26.4. The number of nitrogens with one attached hydrogen (secondary N) is 1. The monoisotopic (exact) mass is 683 g/mol. The Morgan fingerprint density at radius 1 is 1.02 bits per heavy atom. The molecule has 1 aliphatic rings. The standard InChI is InChI=1S/C38H41N3O7S/c1-4-47-38-29(15-17-45-19-20-46-18-16-42)30(31-23-41(25(3)43)33-8-6-5-7-28(31)33)22-34(48-38)36(44)39-27-12-10-26(11-13-27)37-40-32-14-9-24(2)21-35(32)49-37/h5-14,21-23,29-30,38,42H,4,15-20H2,1-3H3,(H,39,44)/t29-,30+,38-/m0/s1. The summed E-state index contributed by atoms with van der Waals surface area (Å²) in [7, 11) is 0. The molecule has 2 N–H and O–H groups in total. The van der Waals surface area contributed by atoms with Gasteiger partial charge in [0.05, 0.1) is 42.2 Å². The number of para-hydroxylation sites is 1. The van der Waals surface area contributed by atoms with Crippen LogP contribution in [0.1, 0.15) is 42.1 Å². The lowest BCUT2D eigenvalue weighted by Gasteiger charge is -2.36. The molecule has 0 spiro atoms.